The third-order valence-electron chi connectivity index (χ3n) is 3.49. The number of nitrogens with zero attached hydrogens (tertiary/aromatic N) is 3. The number of aromatic nitrogens is 2. The predicted molar refractivity (Wildman–Crippen MR) is 75.6 cm³/mol. The lowest BCUT2D eigenvalue weighted by Crippen LogP contribution is -2.30. The molecule has 0 aliphatic heterocycles. The summed E-state index contributed by atoms with van der Waals surface area (Å²) < 4.78 is 2.16. The molecule has 1 fully saturated rings. The Kier molecular flexibility index (Phi) is 3.41. The zero-order valence-corrected chi connectivity index (χ0v) is 11.1. The Morgan fingerprint density at radius 3 is 2.75 bits per heavy atom. The summed E-state index contributed by atoms with van der Waals surface area (Å²) in [4.78, 5) is 17.1. The van der Waals surface area contributed by atoms with Crippen molar-refractivity contribution in [1.29, 1.82) is 0 Å². The molecule has 1 aromatic heterocycles. The highest BCUT2D eigenvalue weighted by Gasteiger charge is 2.26. The van der Waals surface area contributed by atoms with E-state index >= 15 is 0 Å². The molecule has 104 valence electrons. The van der Waals surface area contributed by atoms with Crippen LogP contribution in [0.4, 0.5) is 5.69 Å². The number of anilines is 1. The van der Waals surface area contributed by atoms with Crippen molar-refractivity contribution in [2.45, 2.75) is 25.4 Å². The van der Waals surface area contributed by atoms with Gasteiger partial charge in [-0.2, -0.15) is 0 Å². The molecule has 0 bridgehead atoms. The van der Waals surface area contributed by atoms with E-state index < -0.39 is 5.97 Å². The quantitative estimate of drug-likeness (QED) is 0.876. The average molecular weight is 271 g/mol. The van der Waals surface area contributed by atoms with Crippen LogP contribution in [0.3, 0.4) is 0 Å². The van der Waals surface area contributed by atoms with E-state index in [2.05, 4.69) is 9.55 Å². The number of hydrogen-bond donors (Lipinski definition) is 1. The van der Waals surface area contributed by atoms with E-state index in [9.17, 15) is 4.79 Å². The molecule has 5 heteroatoms. The zero-order chi connectivity index (χ0) is 13.9. The first-order valence-electron chi connectivity index (χ1n) is 6.76. The summed E-state index contributed by atoms with van der Waals surface area (Å²) in [6.45, 7) is 0.548. The van der Waals surface area contributed by atoms with Crippen LogP contribution in [0.2, 0.25) is 0 Å². The van der Waals surface area contributed by atoms with Gasteiger partial charge in [0.15, 0.2) is 0 Å². The number of benzene rings is 1. The molecule has 0 atom stereocenters. The number of carbonyl (C=O) groups is 1. The first-order chi connectivity index (χ1) is 9.74. The molecule has 1 saturated carbocycles. The number of rotatable bonds is 6. The lowest BCUT2D eigenvalue weighted by atomic mass is 10.2. The predicted octanol–water partition coefficient (Wildman–Crippen LogP) is 2.31. The second-order valence-corrected chi connectivity index (χ2v) is 5.11. The summed E-state index contributed by atoms with van der Waals surface area (Å²) in [7, 11) is 0. The van der Waals surface area contributed by atoms with Gasteiger partial charge < -0.3 is 14.6 Å². The van der Waals surface area contributed by atoms with Gasteiger partial charge in [-0.15, -0.1) is 0 Å². The van der Waals surface area contributed by atoms with Gasteiger partial charge in [0, 0.05) is 17.9 Å². The third-order valence-corrected chi connectivity index (χ3v) is 3.49. The van der Waals surface area contributed by atoms with Crippen molar-refractivity contribution in [2.24, 2.45) is 0 Å². The molecule has 20 heavy (non-hydrogen) atoms. The van der Waals surface area contributed by atoms with E-state index in [1.165, 1.54) is 12.8 Å². The minimum Gasteiger partial charge on any atom is -0.480 e. The second-order valence-electron chi connectivity index (χ2n) is 5.11. The molecule has 0 unspecified atom stereocenters. The van der Waals surface area contributed by atoms with Crippen molar-refractivity contribution < 1.29 is 9.90 Å². The summed E-state index contributed by atoms with van der Waals surface area (Å²) in [5, 5.41) is 9.10. The first kappa shape index (κ1) is 12.7. The highest BCUT2D eigenvalue weighted by molar-refractivity contribution is 5.73. The van der Waals surface area contributed by atoms with Crippen LogP contribution in [-0.4, -0.2) is 27.2 Å². The van der Waals surface area contributed by atoms with Gasteiger partial charge >= 0.3 is 5.97 Å². The molecule has 1 aromatic carbocycles. The Bertz CT molecular complexity index is 590. The Morgan fingerprint density at radius 1 is 1.35 bits per heavy atom. The molecule has 1 N–H and O–H groups in total. The lowest BCUT2D eigenvalue weighted by molar-refractivity contribution is -0.135. The molecular weight excluding hydrogens is 254 g/mol. The maximum absolute atomic E-state index is 11.1. The van der Waals surface area contributed by atoms with E-state index in [0.717, 1.165) is 11.4 Å². The molecule has 0 saturated heterocycles. The van der Waals surface area contributed by atoms with Crippen LogP contribution in [0.25, 0.3) is 0 Å². The van der Waals surface area contributed by atoms with Crippen molar-refractivity contribution in [2.75, 3.05) is 11.4 Å². The maximum atomic E-state index is 11.1. The van der Waals surface area contributed by atoms with Crippen molar-refractivity contribution in [1.82, 2.24) is 9.55 Å². The lowest BCUT2D eigenvalue weighted by Gasteiger charge is -2.23. The molecule has 1 aliphatic carbocycles. The summed E-state index contributed by atoms with van der Waals surface area (Å²) in [6.07, 6.45) is 6.05. The van der Waals surface area contributed by atoms with Crippen LogP contribution in [0.15, 0.2) is 42.9 Å². The highest BCUT2D eigenvalue weighted by atomic mass is 16.4. The van der Waals surface area contributed by atoms with Gasteiger partial charge in [-0.1, -0.05) is 18.2 Å². The van der Waals surface area contributed by atoms with Gasteiger partial charge in [0.2, 0.25) is 0 Å². The molecule has 0 amide bonds. The van der Waals surface area contributed by atoms with Crippen LogP contribution in [0.5, 0.6) is 0 Å². The Morgan fingerprint density at radius 2 is 2.10 bits per heavy atom. The van der Waals surface area contributed by atoms with Gasteiger partial charge in [0.1, 0.15) is 6.54 Å². The average Bonchev–Trinajstić information content (AvgIpc) is 3.19. The molecule has 1 aliphatic rings. The number of carboxylic acid groups (broad SMARTS) is 1. The van der Waals surface area contributed by atoms with Crippen LogP contribution >= 0.6 is 0 Å². The molecular formula is C15H17N3O2. The van der Waals surface area contributed by atoms with E-state index in [1.807, 2.05) is 47.8 Å². The maximum Gasteiger partial charge on any atom is 0.323 e. The second kappa shape index (κ2) is 5.36. The van der Waals surface area contributed by atoms with Gasteiger partial charge in [0.05, 0.1) is 18.6 Å². The number of aliphatic carboxylic acids is 1. The van der Waals surface area contributed by atoms with Gasteiger partial charge in [-0.3, -0.25) is 4.79 Å². The van der Waals surface area contributed by atoms with Crippen LogP contribution in [0.1, 0.15) is 24.6 Å². The van der Waals surface area contributed by atoms with Crippen LogP contribution < -0.4 is 4.90 Å². The van der Waals surface area contributed by atoms with Crippen molar-refractivity contribution >= 4 is 11.7 Å². The van der Waals surface area contributed by atoms with E-state index in [0.29, 0.717) is 12.6 Å². The molecule has 1 heterocycles. The third kappa shape index (κ3) is 2.82. The fourth-order valence-electron chi connectivity index (χ4n) is 2.37. The summed E-state index contributed by atoms with van der Waals surface area (Å²) >= 11 is 0. The van der Waals surface area contributed by atoms with Crippen molar-refractivity contribution in [3.63, 3.8) is 0 Å². The number of para-hydroxylation sites is 1. The molecule has 0 spiro atoms. The number of hydrogen-bond acceptors (Lipinski definition) is 3. The number of carboxylic acids is 1. The van der Waals surface area contributed by atoms with Crippen LogP contribution in [-0.2, 0) is 11.3 Å². The SMILES string of the molecule is O=C(O)CN(Cc1cncn1C1CC1)c1ccccc1. The standard InChI is InChI=1S/C15H17N3O2/c19-15(20)10-17(12-4-2-1-3-5-12)9-14-8-16-11-18(14)13-6-7-13/h1-5,8,11,13H,6-7,9-10H2,(H,19,20). The Balaban J connectivity index is 1.82. The summed E-state index contributed by atoms with van der Waals surface area (Å²) in [5.41, 5.74) is 1.98. The van der Waals surface area contributed by atoms with Crippen molar-refractivity contribution in [3.8, 4) is 0 Å². The summed E-state index contributed by atoms with van der Waals surface area (Å²) in [6, 6.07) is 10.2. The topological polar surface area (TPSA) is 58.4 Å². The normalized spacial score (nSPS) is 14.2. The molecule has 5 nitrogen and oxygen atoms in total. The minimum absolute atomic E-state index is 0.0140. The largest absolute Gasteiger partial charge is 0.480 e. The Hall–Kier alpha value is -2.30. The van der Waals surface area contributed by atoms with Crippen LogP contribution in [0, 0.1) is 0 Å². The Labute approximate surface area is 117 Å². The minimum atomic E-state index is -0.827. The van der Waals surface area contributed by atoms with Crippen molar-refractivity contribution in [3.05, 3.63) is 48.5 Å². The highest BCUT2D eigenvalue weighted by Crippen LogP contribution is 2.36. The van der Waals surface area contributed by atoms with E-state index in [4.69, 9.17) is 5.11 Å². The molecule has 0 radical (unpaired) electrons. The van der Waals surface area contributed by atoms with Gasteiger partial charge in [-0.25, -0.2) is 4.98 Å². The smallest absolute Gasteiger partial charge is 0.323 e. The monoisotopic (exact) mass is 271 g/mol. The first-order valence-corrected chi connectivity index (χ1v) is 6.76. The molecule has 3 rings (SSSR count). The summed E-state index contributed by atoms with van der Waals surface area (Å²) in [5.74, 6) is -0.827. The fraction of sp³-hybridized carbons (Fsp3) is 0.333. The fourth-order valence-corrected chi connectivity index (χ4v) is 2.37. The molecule has 2 aromatic rings. The number of imidazole rings is 1. The van der Waals surface area contributed by atoms with E-state index in [1.54, 1.807) is 0 Å². The zero-order valence-electron chi connectivity index (χ0n) is 11.1. The van der Waals surface area contributed by atoms with E-state index in [-0.39, 0.29) is 6.54 Å². The van der Waals surface area contributed by atoms with Gasteiger partial charge in [0.25, 0.3) is 0 Å². The van der Waals surface area contributed by atoms with Gasteiger partial charge in [-0.05, 0) is 25.0 Å².